The van der Waals surface area contributed by atoms with Crippen LogP contribution in [0.1, 0.15) is 64.3 Å². The lowest BCUT2D eigenvalue weighted by molar-refractivity contribution is -0.137. The molecule has 0 spiro atoms. The maximum absolute atomic E-state index is 13.2. The van der Waals surface area contributed by atoms with E-state index in [1.165, 1.54) is 28.1 Å². The van der Waals surface area contributed by atoms with Gasteiger partial charge in [0.05, 0.1) is 28.7 Å². The number of carbonyl (C=O) groups excluding carboxylic acids is 1. The average Bonchev–Trinajstić information content (AvgIpc) is 3.57. The summed E-state index contributed by atoms with van der Waals surface area (Å²) >= 11 is 0. The van der Waals surface area contributed by atoms with Gasteiger partial charge in [0.1, 0.15) is 0 Å². The van der Waals surface area contributed by atoms with Crippen LogP contribution >= 0.6 is 0 Å². The summed E-state index contributed by atoms with van der Waals surface area (Å²) in [4.78, 5) is 15.6. The van der Waals surface area contributed by atoms with E-state index in [1.54, 1.807) is 6.07 Å². The maximum atomic E-state index is 13.2. The molecule has 1 aliphatic carbocycles. The van der Waals surface area contributed by atoms with Crippen molar-refractivity contribution in [3.05, 3.63) is 82.7 Å². The summed E-state index contributed by atoms with van der Waals surface area (Å²) in [6, 6.07) is 13.7. The smallest absolute Gasteiger partial charge is 0.349 e. The zero-order chi connectivity index (χ0) is 24.6. The van der Waals surface area contributed by atoms with Crippen LogP contribution in [0.25, 0.3) is 5.69 Å². The Labute approximate surface area is 202 Å². The molecule has 184 valence electrons. The van der Waals surface area contributed by atoms with Crippen molar-refractivity contribution in [2.45, 2.75) is 57.3 Å². The average molecular weight is 483 g/mol. The third kappa shape index (κ3) is 5.42. The Bertz CT molecular complexity index is 1210. The van der Waals surface area contributed by atoms with Crippen molar-refractivity contribution in [3.63, 3.8) is 0 Å². The molecular formula is C27H29F3N4O. The molecule has 1 saturated carbocycles. The maximum Gasteiger partial charge on any atom is 0.416 e. The zero-order valence-corrected chi connectivity index (χ0v) is 19.7. The topological polar surface area (TPSA) is 50.2 Å². The van der Waals surface area contributed by atoms with E-state index in [0.29, 0.717) is 16.9 Å². The molecule has 2 fully saturated rings. The number of piperidine rings is 1. The van der Waals surface area contributed by atoms with Crippen molar-refractivity contribution in [1.29, 1.82) is 0 Å². The number of aromatic nitrogens is 2. The molecule has 1 N–H and O–H groups in total. The number of halogens is 3. The van der Waals surface area contributed by atoms with Crippen LogP contribution in [-0.4, -0.2) is 39.7 Å². The van der Waals surface area contributed by atoms with E-state index < -0.39 is 11.7 Å². The molecule has 1 aromatic heterocycles. The molecule has 2 heterocycles. The lowest BCUT2D eigenvalue weighted by Crippen LogP contribution is -2.44. The summed E-state index contributed by atoms with van der Waals surface area (Å²) in [5, 5.41) is 7.48. The number of hydrogen-bond acceptors (Lipinski definition) is 3. The van der Waals surface area contributed by atoms with Gasteiger partial charge in [-0.2, -0.15) is 18.3 Å². The normalized spacial score (nSPS) is 17.5. The summed E-state index contributed by atoms with van der Waals surface area (Å²) in [6.07, 6.45) is 0.591. The number of aryl methyl sites for hydroxylation is 1. The van der Waals surface area contributed by atoms with Gasteiger partial charge >= 0.3 is 6.18 Å². The van der Waals surface area contributed by atoms with E-state index in [2.05, 4.69) is 46.5 Å². The van der Waals surface area contributed by atoms with E-state index >= 15 is 0 Å². The first kappa shape index (κ1) is 23.6. The standard InChI is InChI=1S/C27H29F3N4O/c1-18-4-2-5-19(14-18)17-33-12-10-22(11-13-33)32-26(35)24-16-31-34(25(24)20-8-9-20)23-7-3-6-21(15-23)27(28,29)30/h2-7,14-16,20,22H,8-13,17H2,1H3,(H,32,35). The second-order valence-corrected chi connectivity index (χ2v) is 9.69. The van der Waals surface area contributed by atoms with Gasteiger partial charge in [-0.1, -0.05) is 35.9 Å². The summed E-state index contributed by atoms with van der Waals surface area (Å²) in [5.74, 6) is -0.0498. The first-order valence-corrected chi connectivity index (χ1v) is 12.1. The number of amides is 1. The third-order valence-electron chi connectivity index (χ3n) is 6.84. The molecule has 1 amide bonds. The molecule has 0 unspecified atom stereocenters. The van der Waals surface area contributed by atoms with E-state index in [1.807, 2.05) is 0 Å². The van der Waals surface area contributed by atoms with Crippen molar-refractivity contribution in [2.24, 2.45) is 0 Å². The fraction of sp³-hybridized carbons (Fsp3) is 0.407. The molecule has 0 atom stereocenters. The second kappa shape index (κ2) is 9.49. The van der Waals surface area contributed by atoms with Crippen LogP contribution in [0.3, 0.4) is 0 Å². The van der Waals surface area contributed by atoms with Gasteiger partial charge in [-0.25, -0.2) is 4.68 Å². The molecule has 0 radical (unpaired) electrons. The van der Waals surface area contributed by atoms with Crippen molar-refractivity contribution < 1.29 is 18.0 Å². The highest BCUT2D eigenvalue weighted by Gasteiger charge is 2.35. The monoisotopic (exact) mass is 482 g/mol. The number of carbonyl (C=O) groups is 1. The minimum atomic E-state index is -4.43. The first-order valence-electron chi connectivity index (χ1n) is 12.1. The Morgan fingerprint density at radius 3 is 2.49 bits per heavy atom. The minimum Gasteiger partial charge on any atom is -0.349 e. The van der Waals surface area contributed by atoms with E-state index in [4.69, 9.17) is 0 Å². The van der Waals surface area contributed by atoms with Crippen LogP contribution < -0.4 is 5.32 Å². The third-order valence-corrected chi connectivity index (χ3v) is 6.84. The lowest BCUT2D eigenvalue weighted by Gasteiger charge is -2.32. The SMILES string of the molecule is Cc1cccc(CN2CCC(NC(=O)c3cnn(-c4cccc(C(F)(F)F)c4)c3C3CC3)CC2)c1. The predicted octanol–water partition coefficient (Wildman–Crippen LogP) is 5.47. The molecule has 0 bridgehead atoms. The molecule has 1 aliphatic heterocycles. The molecule has 3 aromatic rings. The van der Waals surface area contributed by atoms with Gasteiger partial charge in [0.2, 0.25) is 0 Å². The van der Waals surface area contributed by atoms with Gasteiger partial charge in [-0.15, -0.1) is 0 Å². The number of hydrogen-bond donors (Lipinski definition) is 1. The number of nitrogens with one attached hydrogen (secondary N) is 1. The Balaban J connectivity index is 1.26. The van der Waals surface area contributed by atoms with Crippen LogP contribution in [0.15, 0.2) is 54.7 Å². The Kier molecular flexibility index (Phi) is 6.40. The summed E-state index contributed by atoms with van der Waals surface area (Å²) in [7, 11) is 0. The Hall–Kier alpha value is -3.13. The summed E-state index contributed by atoms with van der Waals surface area (Å²) in [6.45, 7) is 4.80. The number of likely N-dealkylation sites (tertiary alicyclic amines) is 1. The highest BCUT2D eigenvalue weighted by atomic mass is 19.4. The molecule has 2 aromatic carbocycles. The van der Waals surface area contributed by atoms with Gasteiger partial charge in [0.25, 0.3) is 5.91 Å². The lowest BCUT2D eigenvalue weighted by atomic mass is 10.0. The highest BCUT2D eigenvalue weighted by Crippen LogP contribution is 2.43. The molecule has 35 heavy (non-hydrogen) atoms. The predicted molar refractivity (Wildman–Crippen MR) is 127 cm³/mol. The number of alkyl halides is 3. The minimum absolute atomic E-state index is 0.0696. The van der Waals surface area contributed by atoms with E-state index in [-0.39, 0.29) is 17.9 Å². The fourth-order valence-electron chi connectivity index (χ4n) is 4.87. The van der Waals surface area contributed by atoms with Crippen LogP contribution in [0, 0.1) is 6.92 Å². The largest absolute Gasteiger partial charge is 0.416 e. The van der Waals surface area contributed by atoms with Crippen LogP contribution in [0.4, 0.5) is 13.2 Å². The summed E-state index contributed by atoms with van der Waals surface area (Å²) in [5.41, 5.74) is 3.32. The highest BCUT2D eigenvalue weighted by molar-refractivity contribution is 5.95. The zero-order valence-electron chi connectivity index (χ0n) is 19.7. The van der Waals surface area contributed by atoms with Gasteiger partial charge in [0, 0.05) is 31.6 Å². The van der Waals surface area contributed by atoms with Crippen LogP contribution in [0.2, 0.25) is 0 Å². The summed E-state index contributed by atoms with van der Waals surface area (Å²) < 4.78 is 41.2. The van der Waals surface area contributed by atoms with Crippen molar-refractivity contribution in [2.75, 3.05) is 13.1 Å². The molecular weight excluding hydrogens is 453 g/mol. The molecule has 8 heteroatoms. The Morgan fingerprint density at radius 1 is 1.06 bits per heavy atom. The molecule has 1 saturated heterocycles. The van der Waals surface area contributed by atoms with Crippen LogP contribution in [-0.2, 0) is 12.7 Å². The second-order valence-electron chi connectivity index (χ2n) is 9.69. The van der Waals surface area contributed by atoms with Gasteiger partial charge in [-0.05, 0) is 56.4 Å². The quantitative estimate of drug-likeness (QED) is 0.507. The Morgan fingerprint density at radius 2 is 1.80 bits per heavy atom. The first-order chi connectivity index (χ1) is 16.8. The van der Waals surface area contributed by atoms with E-state index in [0.717, 1.165) is 57.5 Å². The molecule has 5 rings (SSSR count). The van der Waals surface area contributed by atoms with Crippen molar-refractivity contribution in [3.8, 4) is 5.69 Å². The van der Waals surface area contributed by atoms with Gasteiger partial charge in [-0.3, -0.25) is 9.69 Å². The van der Waals surface area contributed by atoms with Crippen LogP contribution in [0.5, 0.6) is 0 Å². The molecule has 5 nitrogen and oxygen atoms in total. The van der Waals surface area contributed by atoms with Gasteiger partial charge in [0.15, 0.2) is 0 Å². The van der Waals surface area contributed by atoms with E-state index in [9.17, 15) is 18.0 Å². The number of benzene rings is 2. The van der Waals surface area contributed by atoms with Crippen molar-refractivity contribution in [1.82, 2.24) is 20.0 Å². The fourth-order valence-corrected chi connectivity index (χ4v) is 4.87. The van der Waals surface area contributed by atoms with Gasteiger partial charge < -0.3 is 5.32 Å². The number of rotatable bonds is 6. The number of nitrogens with zero attached hydrogens (tertiary/aromatic N) is 3. The van der Waals surface area contributed by atoms with Crippen molar-refractivity contribution >= 4 is 5.91 Å². The molecule has 2 aliphatic rings.